The van der Waals surface area contributed by atoms with Crippen molar-refractivity contribution in [3.63, 3.8) is 0 Å². The number of hydrogen-bond donors (Lipinski definition) is 1. The SMILES string of the molecule is CCC(C)(N)c1sccc1Br. The molecule has 3 heteroatoms. The summed E-state index contributed by atoms with van der Waals surface area (Å²) in [5.41, 5.74) is 5.89. The van der Waals surface area contributed by atoms with E-state index < -0.39 is 0 Å². The van der Waals surface area contributed by atoms with Crippen molar-refractivity contribution < 1.29 is 0 Å². The highest BCUT2D eigenvalue weighted by atomic mass is 79.9. The summed E-state index contributed by atoms with van der Waals surface area (Å²) >= 11 is 5.18. The molecular formula is C8H12BrNS. The molecule has 1 atom stereocenters. The summed E-state index contributed by atoms with van der Waals surface area (Å²) in [5, 5.41) is 2.06. The van der Waals surface area contributed by atoms with Gasteiger partial charge in [0.2, 0.25) is 0 Å². The molecule has 11 heavy (non-hydrogen) atoms. The third-order valence-electron chi connectivity index (χ3n) is 1.87. The fourth-order valence-electron chi connectivity index (χ4n) is 0.862. The van der Waals surface area contributed by atoms with Gasteiger partial charge in [0.05, 0.1) is 0 Å². The monoisotopic (exact) mass is 233 g/mol. The molecule has 62 valence electrons. The summed E-state index contributed by atoms with van der Waals surface area (Å²) in [4.78, 5) is 1.24. The van der Waals surface area contributed by atoms with E-state index in [4.69, 9.17) is 5.73 Å². The number of rotatable bonds is 2. The molecule has 0 saturated heterocycles. The number of nitrogens with two attached hydrogens (primary N) is 1. The van der Waals surface area contributed by atoms with E-state index in [1.807, 2.05) is 6.07 Å². The van der Waals surface area contributed by atoms with E-state index in [1.165, 1.54) is 4.88 Å². The van der Waals surface area contributed by atoms with E-state index in [0.29, 0.717) is 0 Å². The molecule has 1 heterocycles. The first-order valence-electron chi connectivity index (χ1n) is 3.60. The van der Waals surface area contributed by atoms with Crippen LogP contribution >= 0.6 is 27.3 Å². The van der Waals surface area contributed by atoms with Crippen LogP contribution in [0, 0.1) is 0 Å². The van der Waals surface area contributed by atoms with Gasteiger partial charge in [-0.2, -0.15) is 0 Å². The zero-order valence-corrected chi connectivity index (χ0v) is 9.13. The summed E-state index contributed by atoms with van der Waals surface area (Å²) in [7, 11) is 0. The molecule has 0 fully saturated rings. The lowest BCUT2D eigenvalue weighted by Crippen LogP contribution is -2.31. The molecule has 1 unspecified atom stereocenters. The Balaban J connectivity index is 3.00. The highest BCUT2D eigenvalue weighted by Crippen LogP contribution is 2.33. The van der Waals surface area contributed by atoms with Crippen molar-refractivity contribution in [3.05, 3.63) is 20.8 Å². The van der Waals surface area contributed by atoms with Crippen molar-refractivity contribution in [2.45, 2.75) is 25.8 Å². The zero-order valence-electron chi connectivity index (χ0n) is 6.73. The number of hydrogen-bond acceptors (Lipinski definition) is 2. The summed E-state index contributed by atoms with van der Waals surface area (Å²) in [6, 6.07) is 2.04. The molecule has 0 amide bonds. The van der Waals surface area contributed by atoms with Gasteiger partial charge in [0, 0.05) is 14.9 Å². The average Bonchev–Trinajstić information content (AvgIpc) is 2.36. The standard InChI is InChI=1S/C8H12BrNS/c1-3-8(2,10)7-6(9)4-5-11-7/h4-5H,3,10H2,1-2H3. The molecule has 2 N–H and O–H groups in total. The number of thiophene rings is 1. The van der Waals surface area contributed by atoms with Gasteiger partial charge in [-0.3, -0.25) is 0 Å². The van der Waals surface area contributed by atoms with Crippen LogP contribution in [-0.4, -0.2) is 0 Å². The van der Waals surface area contributed by atoms with Crippen molar-refractivity contribution in [2.24, 2.45) is 5.73 Å². The number of halogens is 1. The molecular weight excluding hydrogens is 222 g/mol. The maximum atomic E-state index is 6.06. The lowest BCUT2D eigenvalue weighted by atomic mass is 9.99. The molecule has 0 aliphatic heterocycles. The van der Waals surface area contributed by atoms with Crippen molar-refractivity contribution in [2.75, 3.05) is 0 Å². The maximum absolute atomic E-state index is 6.06. The van der Waals surface area contributed by atoms with E-state index in [0.717, 1.165) is 10.9 Å². The van der Waals surface area contributed by atoms with Gasteiger partial charge in [-0.1, -0.05) is 6.92 Å². The van der Waals surface area contributed by atoms with Crippen LogP contribution in [0.4, 0.5) is 0 Å². The van der Waals surface area contributed by atoms with Gasteiger partial charge < -0.3 is 5.73 Å². The van der Waals surface area contributed by atoms with Gasteiger partial charge >= 0.3 is 0 Å². The summed E-state index contributed by atoms with van der Waals surface area (Å²) < 4.78 is 1.13. The van der Waals surface area contributed by atoms with Gasteiger partial charge in [-0.05, 0) is 40.7 Å². The van der Waals surface area contributed by atoms with Gasteiger partial charge in [0.25, 0.3) is 0 Å². The van der Waals surface area contributed by atoms with Gasteiger partial charge in [0.1, 0.15) is 0 Å². The fourth-order valence-corrected chi connectivity index (χ4v) is 2.84. The fraction of sp³-hybridized carbons (Fsp3) is 0.500. The van der Waals surface area contributed by atoms with Crippen LogP contribution < -0.4 is 5.73 Å². The second-order valence-electron chi connectivity index (χ2n) is 2.87. The molecule has 1 nitrogen and oxygen atoms in total. The van der Waals surface area contributed by atoms with Crippen LogP contribution in [0.1, 0.15) is 25.1 Å². The Kier molecular flexibility index (Phi) is 2.73. The van der Waals surface area contributed by atoms with Crippen LogP contribution in [0.25, 0.3) is 0 Å². The smallest absolute Gasteiger partial charge is 0.0483 e. The minimum absolute atomic E-state index is 0.174. The van der Waals surface area contributed by atoms with Crippen LogP contribution in [0.5, 0.6) is 0 Å². The van der Waals surface area contributed by atoms with E-state index >= 15 is 0 Å². The zero-order chi connectivity index (χ0) is 8.48. The van der Waals surface area contributed by atoms with Gasteiger partial charge in [0.15, 0.2) is 0 Å². The largest absolute Gasteiger partial charge is 0.321 e. The Morgan fingerprint density at radius 2 is 2.36 bits per heavy atom. The van der Waals surface area contributed by atoms with Crippen molar-refractivity contribution in [1.82, 2.24) is 0 Å². The summed E-state index contributed by atoms with van der Waals surface area (Å²) in [6.07, 6.45) is 0.964. The van der Waals surface area contributed by atoms with Crippen LogP contribution in [-0.2, 0) is 5.54 Å². The Morgan fingerprint density at radius 1 is 1.73 bits per heavy atom. The average molecular weight is 234 g/mol. The Labute approximate surface area is 79.7 Å². The maximum Gasteiger partial charge on any atom is 0.0483 e. The van der Waals surface area contributed by atoms with Crippen molar-refractivity contribution >= 4 is 27.3 Å². The topological polar surface area (TPSA) is 26.0 Å². The van der Waals surface area contributed by atoms with Crippen LogP contribution in [0.3, 0.4) is 0 Å². The molecule has 0 spiro atoms. The second kappa shape index (κ2) is 3.25. The van der Waals surface area contributed by atoms with Gasteiger partial charge in [-0.15, -0.1) is 11.3 Å². The molecule has 1 rings (SSSR count). The highest BCUT2D eigenvalue weighted by Gasteiger charge is 2.22. The Morgan fingerprint density at radius 3 is 2.73 bits per heavy atom. The lowest BCUT2D eigenvalue weighted by Gasteiger charge is -2.21. The minimum atomic E-state index is -0.174. The molecule has 1 aromatic heterocycles. The molecule has 0 saturated carbocycles. The Bertz CT molecular complexity index is 242. The molecule has 1 aromatic rings. The first kappa shape index (κ1) is 9.23. The van der Waals surface area contributed by atoms with Crippen molar-refractivity contribution in [3.8, 4) is 0 Å². The molecule has 0 bridgehead atoms. The third-order valence-corrected chi connectivity index (χ3v) is 3.99. The Hall–Kier alpha value is 0.140. The summed E-state index contributed by atoms with van der Waals surface area (Å²) in [5.74, 6) is 0. The molecule has 0 aliphatic carbocycles. The van der Waals surface area contributed by atoms with Crippen LogP contribution in [0.15, 0.2) is 15.9 Å². The summed E-state index contributed by atoms with van der Waals surface area (Å²) in [6.45, 7) is 4.16. The van der Waals surface area contributed by atoms with E-state index in [2.05, 4.69) is 35.2 Å². The first-order chi connectivity index (χ1) is 5.08. The second-order valence-corrected chi connectivity index (χ2v) is 4.64. The minimum Gasteiger partial charge on any atom is -0.321 e. The van der Waals surface area contributed by atoms with E-state index in [1.54, 1.807) is 11.3 Å². The van der Waals surface area contributed by atoms with Crippen LogP contribution in [0.2, 0.25) is 0 Å². The molecule has 0 aliphatic rings. The lowest BCUT2D eigenvalue weighted by molar-refractivity contribution is 0.484. The normalized spacial score (nSPS) is 16.4. The van der Waals surface area contributed by atoms with Gasteiger partial charge in [-0.25, -0.2) is 0 Å². The van der Waals surface area contributed by atoms with Crippen molar-refractivity contribution in [1.29, 1.82) is 0 Å². The predicted octanol–water partition coefficient (Wildman–Crippen LogP) is 3.09. The predicted molar refractivity (Wildman–Crippen MR) is 53.8 cm³/mol. The first-order valence-corrected chi connectivity index (χ1v) is 5.27. The third kappa shape index (κ3) is 1.83. The van der Waals surface area contributed by atoms with E-state index in [-0.39, 0.29) is 5.54 Å². The molecule has 0 aromatic carbocycles. The highest BCUT2D eigenvalue weighted by molar-refractivity contribution is 9.10. The van der Waals surface area contributed by atoms with E-state index in [9.17, 15) is 0 Å². The molecule has 0 radical (unpaired) electrons. The quantitative estimate of drug-likeness (QED) is 0.835.